The molecule has 336 valence electrons. The maximum absolute atomic E-state index is 13.2. The standard InChI is InChI=1S/C52H93NO5/c1-4-7-10-13-16-19-22-25-27-30-33-36-39-42-45-52(57)58-48(43-40-37-34-31-28-26-23-20-17-14-11-8-5-2)46-51(56)53-49(47-54)50(55)44-41-38-35-32-29-24-21-18-15-12-9-6-3/h8,11,14,17,20,23,26,28,31,34,48-50,54-55H,4-7,9-10,12-13,15-16,18-19,21-22,24-25,27,29-30,32-33,35-47H2,1-3H3,(H,53,56)/b11-8+,17-14+,23-20-,28-26-,34-31+. The molecule has 0 saturated heterocycles. The van der Waals surface area contributed by atoms with E-state index in [0.29, 0.717) is 19.3 Å². The zero-order chi connectivity index (χ0) is 42.4. The molecule has 3 atom stereocenters. The number of esters is 1. The van der Waals surface area contributed by atoms with Crippen LogP contribution in [-0.2, 0) is 14.3 Å². The molecule has 0 aliphatic heterocycles. The van der Waals surface area contributed by atoms with Crippen molar-refractivity contribution in [2.45, 2.75) is 251 Å². The highest BCUT2D eigenvalue weighted by Crippen LogP contribution is 2.17. The fraction of sp³-hybridized carbons (Fsp3) is 0.769. The minimum Gasteiger partial charge on any atom is -0.462 e. The molecular weight excluding hydrogens is 719 g/mol. The van der Waals surface area contributed by atoms with Gasteiger partial charge in [0.25, 0.3) is 0 Å². The lowest BCUT2D eigenvalue weighted by atomic mass is 10.0. The highest BCUT2D eigenvalue weighted by Gasteiger charge is 2.24. The molecule has 0 aliphatic carbocycles. The third-order valence-electron chi connectivity index (χ3n) is 11.0. The molecule has 3 unspecified atom stereocenters. The van der Waals surface area contributed by atoms with Gasteiger partial charge in [0.2, 0.25) is 5.91 Å². The molecule has 6 nitrogen and oxygen atoms in total. The Hall–Kier alpha value is -2.44. The van der Waals surface area contributed by atoms with Gasteiger partial charge >= 0.3 is 5.97 Å². The Morgan fingerprint density at radius 3 is 1.38 bits per heavy atom. The first kappa shape index (κ1) is 55.6. The summed E-state index contributed by atoms with van der Waals surface area (Å²) in [4.78, 5) is 26.0. The second-order valence-corrected chi connectivity index (χ2v) is 16.6. The SMILES string of the molecule is CC/C=C/C=C/C=C\C=C/C=C/CCCC(CC(=O)NC(CO)C(O)CCCCCCCCCCCCCC)OC(=O)CCCCCCCCCCCCCCCC. The van der Waals surface area contributed by atoms with Gasteiger partial charge in [-0.05, 0) is 38.5 Å². The lowest BCUT2D eigenvalue weighted by Gasteiger charge is -2.24. The van der Waals surface area contributed by atoms with Crippen LogP contribution in [0.1, 0.15) is 233 Å². The van der Waals surface area contributed by atoms with E-state index in [9.17, 15) is 19.8 Å². The fourth-order valence-corrected chi connectivity index (χ4v) is 7.28. The average Bonchev–Trinajstić information content (AvgIpc) is 3.22. The molecule has 0 heterocycles. The van der Waals surface area contributed by atoms with Gasteiger partial charge in [-0.15, -0.1) is 0 Å². The molecule has 0 rings (SSSR count). The van der Waals surface area contributed by atoms with E-state index >= 15 is 0 Å². The summed E-state index contributed by atoms with van der Waals surface area (Å²) in [6, 6.07) is -0.723. The van der Waals surface area contributed by atoms with Gasteiger partial charge in [-0.2, -0.15) is 0 Å². The number of ether oxygens (including phenoxy) is 1. The summed E-state index contributed by atoms with van der Waals surface area (Å²) < 4.78 is 5.88. The van der Waals surface area contributed by atoms with Gasteiger partial charge in [-0.25, -0.2) is 0 Å². The largest absolute Gasteiger partial charge is 0.462 e. The molecule has 6 heteroatoms. The summed E-state index contributed by atoms with van der Waals surface area (Å²) >= 11 is 0. The molecule has 1 amide bonds. The molecule has 0 radical (unpaired) electrons. The van der Waals surface area contributed by atoms with Crippen LogP contribution in [0.2, 0.25) is 0 Å². The number of hydrogen-bond donors (Lipinski definition) is 3. The Balaban J connectivity index is 4.68. The number of aliphatic hydroxyl groups is 2. The van der Waals surface area contributed by atoms with Crippen LogP contribution >= 0.6 is 0 Å². The number of nitrogens with one attached hydrogen (secondary N) is 1. The monoisotopic (exact) mass is 812 g/mol. The van der Waals surface area contributed by atoms with Crippen LogP contribution in [0, 0.1) is 0 Å². The number of unbranched alkanes of at least 4 members (excludes halogenated alkanes) is 25. The van der Waals surface area contributed by atoms with Crippen molar-refractivity contribution in [3.63, 3.8) is 0 Å². The van der Waals surface area contributed by atoms with Gasteiger partial charge in [-0.1, -0.05) is 242 Å². The molecule has 0 aromatic rings. The van der Waals surface area contributed by atoms with Crippen molar-refractivity contribution in [3.8, 4) is 0 Å². The molecule has 3 N–H and O–H groups in total. The highest BCUT2D eigenvalue weighted by atomic mass is 16.5. The second-order valence-electron chi connectivity index (χ2n) is 16.6. The van der Waals surface area contributed by atoms with Crippen LogP contribution < -0.4 is 5.32 Å². The average molecular weight is 812 g/mol. The van der Waals surface area contributed by atoms with Gasteiger partial charge in [0.05, 0.1) is 25.2 Å². The zero-order valence-electron chi connectivity index (χ0n) is 38.2. The number of aliphatic hydroxyl groups excluding tert-OH is 2. The number of carbonyl (C=O) groups excluding carboxylic acids is 2. The first-order valence-corrected chi connectivity index (χ1v) is 24.6. The van der Waals surface area contributed by atoms with Crippen molar-refractivity contribution >= 4 is 11.9 Å². The topological polar surface area (TPSA) is 95.9 Å². The maximum Gasteiger partial charge on any atom is 0.306 e. The van der Waals surface area contributed by atoms with Crippen molar-refractivity contribution in [1.82, 2.24) is 5.32 Å². The van der Waals surface area contributed by atoms with E-state index < -0.39 is 18.2 Å². The highest BCUT2D eigenvalue weighted by molar-refractivity contribution is 5.77. The molecule has 0 aromatic carbocycles. The summed E-state index contributed by atoms with van der Waals surface area (Å²) in [5, 5.41) is 23.7. The second kappa shape index (κ2) is 45.6. The lowest BCUT2D eigenvalue weighted by molar-refractivity contribution is -0.151. The van der Waals surface area contributed by atoms with Crippen molar-refractivity contribution in [2.75, 3.05) is 6.61 Å². The van der Waals surface area contributed by atoms with E-state index in [1.807, 2.05) is 48.6 Å². The van der Waals surface area contributed by atoms with E-state index in [4.69, 9.17) is 4.74 Å². The summed E-state index contributed by atoms with van der Waals surface area (Å²) in [6.07, 6.45) is 55.7. The Morgan fingerprint density at radius 2 is 0.931 bits per heavy atom. The minimum absolute atomic E-state index is 0.0294. The van der Waals surface area contributed by atoms with Crippen LogP contribution in [0.4, 0.5) is 0 Å². The van der Waals surface area contributed by atoms with Gasteiger partial charge in [0, 0.05) is 6.42 Å². The number of amides is 1. The maximum atomic E-state index is 13.2. The Kier molecular flexibility index (Phi) is 43.7. The van der Waals surface area contributed by atoms with E-state index in [2.05, 4.69) is 38.2 Å². The molecule has 0 bridgehead atoms. The summed E-state index contributed by atoms with van der Waals surface area (Å²) in [5.74, 6) is -0.543. The molecule has 58 heavy (non-hydrogen) atoms. The first-order valence-electron chi connectivity index (χ1n) is 24.6. The zero-order valence-corrected chi connectivity index (χ0v) is 38.2. The molecular formula is C52H93NO5. The molecule has 0 aromatic heterocycles. The van der Waals surface area contributed by atoms with E-state index in [-0.39, 0.29) is 24.9 Å². The number of rotatable bonds is 43. The van der Waals surface area contributed by atoms with Crippen LogP contribution in [0.25, 0.3) is 0 Å². The lowest BCUT2D eigenvalue weighted by Crippen LogP contribution is -2.46. The third kappa shape index (κ3) is 40.3. The summed E-state index contributed by atoms with van der Waals surface area (Å²) in [6.45, 7) is 6.31. The van der Waals surface area contributed by atoms with Crippen molar-refractivity contribution in [1.29, 1.82) is 0 Å². The molecule has 0 aliphatic rings. The number of hydrogen-bond acceptors (Lipinski definition) is 5. The van der Waals surface area contributed by atoms with E-state index in [0.717, 1.165) is 57.8 Å². The first-order chi connectivity index (χ1) is 28.5. The molecule has 0 spiro atoms. The number of allylic oxidation sites excluding steroid dienone is 10. The van der Waals surface area contributed by atoms with E-state index in [1.54, 1.807) is 0 Å². The number of carbonyl (C=O) groups is 2. The van der Waals surface area contributed by atoms with Gasteiger partial charge in [-0.3, -0.25) is 9.59 Å². The third-order valence-corrected chi connectivity index (χ3v) is 11.0. The molecule has 0 saturated carbocycles. The summed E-state index contributed by atoms with van der Waals surface area (Å²) in [5.41, 5.74) is 0. The Bertz CT molecular complexity index is 1050. The predicted molar refractivity (Wildman–Crippen MR) is 250 cm³/mol. The quantitative estimate of drug-likeness (QED) is 0.0324. The summed E-state index contributed by atoms with van der Waals surface area (Å²) in [7, 11) is 0. The van der Waals surface area contributed by atoms with Crippen molar-refractivity contribution < 1.29 is 24.5 Å². The van der Waals surface area contributed by atoms with Crippen LogP contribution in [0.15, 0.2) is 60.8 Å². The van der Waals surface area contributed by atoms with Crippen molar-refractivity contribution in [2.24, 2.45) is 0 Å². The predicted octanol–water partition coefficient (Wildman–Crippen LogP) is 14.5. The van der Waals surface area contributed by atoms with Gasteiger partial charge in [0.1, 0.15) is 6.10 Å². The van der Waals surface area contributed by atoms with E-state index in [1.165, 1.54) is 128 Å². The van der Waals surface area contributed by atoms with Crippen LogP contribution in [-0.4, -0.2) is 46.9 Å². The Labute approximate surface area is 358 Å². The van der Waals surface area contributed by atoms with Crippen LogP contribution in [0.5, 0.6) is 0 Å². The smallest absolute Gasteiger partial charge is 0.306 e. The van der Waals surface area contributed by atoms with Crippen LogP contribution in [0.3, 0.4) is 0 Å². The van der Waals surface area contributed by atoms with Gasteiger partial charge in [0.15, 0.2) is 0 Å². The minimum atomic E-state index is -0.805. The normalized spacial score (nSPS) is 13.8. The van der Waals surface area contributed by atoms with Gasteiger partial charge < -0.3 is 20.3 Å². The fourth-order valence-electron chi connectivity index (χ4n) is 7.28. The van der Waals surface area contributed by atoms with Crippen molar-refractivity contribution in [3.05, 3.63) is 60.8 Å². The molecule has 0 fully saturated rings. The Morgan fingerprint density at radius 1 is 0.517 bits per heavy atom.